The molecule has 0 amide bonds. The summed E-state index contributed by atoms with van der Waals surface area (Å²) in [6, 6.07) is 1.45. The molecule has 1 aliphatic rings. The van der Waals surface area contributed by atoms with Gasteiger partial charge in [-0.05, 0) is 25.5 Å². The van der Waals surface area contributed by atoms with E-state index in [0.29, 0.717) is 0 Å². The highest BCUT2D eigenvalue weighted by Gasteiger charge is 2.20. The summed E-state index contributed by atoms with van der Waals surface area (Å²) >= 11 is 2.11. The lowest BCUT2D eigenvalue weighted by molar-refractivity contribution is 0.435. The van der Waals surface area contributed by atoms with Crippen molar-refractivity contribution in [3.05, 3.63) is 0 Å². The molecule has 0 aromatic heterocycles. The highest BCUT2D eigenvalue weighted by Crippen LogP contribution is 2.21. The molecule has 3 atom stereocenters. The van der Waals surface area contributed by atoms with E-state index < -0.39 is 0 Å². The molecule has 66 valence electrons. The molecule has 1 saturated heterocycles. The van der Waals surface area contributed by atoms with Gasteiger partial charge in [-0.3, -0.25) is 0 Å². The first-order valence-electron chi connectivity index (χ1n) is 4.61. The van der Waals surface area contributed by atoms with Crippen LogP contribution in [-0.4, -0.2) is 23.1 Å². The number of hydrogen-bond donors (Lipinski definition) is 1. The van der Waals surface area contributed by atoms with Gasteiger partial charge in [-0.15, -0.1) is 0 Å². The van der Waals surface area contributed by atoms with Crippen LogP contribution in [0.5, 0.6) is 0 Å². The average Bonchev–Trinajstić information content (AvgIpc) is 2.13. The summed E-state index contributed by atoms with van der Waals surface area (Å²) in [6.45, 7) is 6.90. The zero-order valence-electron chi connectivity index (χ0n) is 7.76. The second-order valence-electron chi connectivity index (χ2n) is 3.45. The Hall–Kier alpha value is 0.310. The maximum absolute atomic E-state index is 3.66. The van der Waals surface area contributed by atoms with Gasteiger partial charge < -0.3 is 5.32 Å². The van der Waals surface area contributed by atoms with Gasteiger partial charge in [-0.25, -0.2) is 0 Å². The molecule has 1 aliphatic heterocycles. The Morgan fingerprint density at radius 2 is 2.18 bits per heavy atom. The van der Waals surface area contributed by atoms with Gasteiger partial charge in [-0.2, -0.15) is 11.8 Å². The predicted octanol–water partition coefficient (Wildman–Crippen LogP) is 2.27. The predicted molar refractivity (Wildman–Crippen MR) is 53.2 cm³/mol. The summed E-state index contributed by atoms with van der Waals surface area (Å²) in [4.78, 5) is 0. The summed E-state index contributed by atoms with van der Waals surface area (Å²) < 4.78 is 0. The fourth-order valence-corrected chi connectivity index (χ4v) is 2.95. The lowest BCUT2D eigenvalue weighted by Crippen LogP contribution is -2.39. The van der Waals surface area contributed by atoms with Crippen molar-refractivity contribution in [3.63, 3.8) is 0 Å². The van der Waals surface area contributed by atoms with Gasteiger partial charge in [0.05, 0.1) is 0 Å². The molecule has 0 aliphatic carbocycles. The van der Waals surface area contributed by atoms with E-state index in [9.17, 15) is 0 Å². The van der Waals surface area contributed by atoms with Crippen LogP contribution in [0.4, 0.5) is 0 Å². The van der Waals surface area contributed by atoms with Crippen molar-refractivity contribution in [1.29, 1.82) is 0 Å². The summed E-state index contributed by atoms with van der Waals surface area (Å²) in [7, 11) is 0. The molecule has 1 fully saturated rings. The van der Waals surface area contributed by atoms with E-state index in [1.165, 1.54) is 18.6 Å². The van der Waals surface area contributed by atoms with E-state index in [-0.39, 0.29) is 0 Å². The van der Waals surface area contributed by atoms with Gasteiger partial charge in [0.25, 0.3) is 0 Å². The number of nitrogens with one attached hydrogen (secondary N) is 1. The van der Waals surface area contributed by atoms with Crippen molar-refractivity contribution in [2.75, 3.05) is 5.75 Å². The number of hydrogen-bond acceptors (Lipinski definition) is 2. The molecule has 3 unspecified atom stereocenters. The first-order valence-corrected chi connectivity index (χ1v) is 5.66. The minimum absolute atomic E-state index is 0.720. The van der Waals surface area contributed by atoms with Crippen molar-refractivity contribution in [2.24, 2.45) is 0 Å². The molecule has 1 rings (SSSR count). The Kier molecular flexibility index (Phi) is 3.73. The zero-order valence-corrected chi connectivity index (χ0v) is 8.58. The Bertz CT molecular complexity index is 116. The van der Waals surface area contributed by atoms with Crippen molar-refractivity contribution in [1.82, 2.24) is 5.32 Å². The molecule has 1 N–H and O–H groups in total. The molecule has 11 heavy (non-hydrogen) atoms. The lowest BCUT2D eigenvalue weighted by Gasteiger charge is -2.22. The normalized spacial score (nSPS) is 40.1. The van der Waals surface area contributed by atoms with Crippen molar-refractivity contribution >= 4 is 11.8 Å². The molecule has 1 heterocycles. The standard InChI is InChI=1S/C9H19NS/c1-4-9-8(3)11-6-5-7(2)10-9/h7-10H,4-6H2,1-3H3. The summed E-state index contributed by atoms with van der Waals surface area (Å²) in [5.74, 6) is 1.33. The molecular weight excluding hydrogens is 154 g/mol. The number of rotatable bonds is 1. The Balaban J connectivity index is 2.45. The molecule has 0 radical (unpaired) electrons. The van der Waals surface area contributed by atoms with Crippen LogP contribution in [0, 0.1) is 0 Å². The Morgan fingerprint density at radius 1 is 1.45 bits per heavy atom. The minimum atomic E-state index is 0.720. The third kappa shape index (κ3) is 2.68. The van der Waals surface area contributed by atoms with E-state index in [4.69, 9.17) is 0 Å². The maximum atomic E-state index is 3.66. The second kappa shape index (κ2) is 4.36. The molecule has 0 saturated carbocycles. The molecular formula is C9H19NS. The summed E-state index contributed by atoms with van der Waals surface area (Å²) in [5, 5.41) is 4.45. The van der Waals surface area contributed by atoms with Gasteiger partial charge in [0.2, 0.25) is 0 Å². The maximum Gasteiger partial charge on any atom is 0.0183 e. The van der Waals surface area contributed by atoms with Crippen LogP contribution in [0.2, 0.25) is 0 Å². The minimum Gasteiger partial charge on any atom is -0.310 e. The smallest absolute Gasteiger partial charge is 0.0183 e. The third-order valence-electron chi connectivity index (χ3n) is 2.44. The van der Waals surface area contributed by atoms with E-state index in [2.05, 4.69) is 37.8 Å². The largest absolute Gasteiger partial charge is 0.310 e. The van der Waals surface area contributed by atoms with E-state index in [1.54, 1.807) is 0 Å². The van der Waals surface area contributed by atoms with Crippen LogP contribution in [-0.2, 0) is 0 Å². The fraction of sp³-hybridized carbons (Fsp3) is 1.00. The number of thioether (sulfide) groups is 1. The van der Waals surface area contributed by atoms with Crippen molar-refractivity contribution in [3.8, 4) is 0 Å². The Morgan fingerprint density at radius 3 is 2.82 bits per heavy atom. The van der Waals surface area contributed by atoms with Crippen LogP contribution < -0.4 is 5.32 Å². The van der Waals surface area contributed by atoms with Crippen molar-refractivity contribution < 1.29 is 0 Å². The van der Waals surface area contributed by atoms with E-state index >= 15 is 0 Å². The van der Waals surface area contributed by atoms with Crippen LogP contribution in [0.25, 0.3) is 0 Å². The second-order valence-corrected chi connectivity index (χ2v) is 4.93. The molecule has 1 nitrogen and oxygen atoms in total. The molecule has 2 heteroatoms. The Labute approximate surface area is 74.3 Å². The molecule has 0 aromatic rings. The highest BCUT2D eigenvalue weighted by molar-refractivity contribution is 7.99. The quantitative estimate of drug-likeness (QED) is 0.653. The topological polar surface area (TPSA) is 12.0 Å². The van der Waals surface area contributed by atoms with Crippen LogP contribution in [0.1, 0.15) is 33.6 Å². The van der Waals surface area contributed by atoms with Gasteiger partial charge in [-0.1, -0.05) is 13.8 Å². The van der Waals surface area contributed by atoms with Crippen LogP contribution in [0.3, 0.4) is 0 Å². The van der Waals surface area contributed by atoms with Gasteiger partial charge in [0.15, 0.2) is 0 Å². The summed E-state index contributed by atoms with van der Waals surface area (Å²) in [6.07, 6.45) is 2.59. The van der Waals surface area contributed by atoms with Gasteiger partial charge in [0, 0.05) is 17.3 Å². The van der Waals surface area contributed by atoms with E-state index in [1.807, 2.05) is 0 Å². The molecule has 0 spiro atoms. The third-order valence-corrected chi connectivity index (χ3v) is 3.76. The fourth-order valence-electron chi connectivity index (χ4n) is 1.58. The van der Waals surface area contributed by atoms with Gasteiger partial charge in [0.1, 0.15) is 0 Å². The molecule has 0 bridgehead atoms. The summed E-state index contributed by atoms with van der Waals surface area (Å²) in [5.41, 5.74) is 0. The highest BCUT2D eigenvalue weighted by atomic mass is 32.2. The van der Waals surface area contributed by atoms with Gasteiger partial charge >= 0.3 is 0 Å². The lowest BCUT2D eigenvalue weighted by atomic mass is 10.1. The zero-order chi connectivity index (χ0) is 8.27. The van der Waals surface area contributed by atoms with Crippen molar-refractivity contribution in [2.45, 2.75) is 50.9 Å². The molecule has 0 aromatic carbocycles. The van der Waals surface area contributed by atoms with Crippen LogP contribution >= 0.6 is 11.8 Å². The monoisotopic (exact) mass is 173 g/mol. The van der Waals surface area contributed by atoms with E-state index in [0.717, 1.165) is 17.3 Å². The first-order chi connectivity index (χ1) is 5.24. The SMILES string of the molecule is CCC1NC(C)CCSC1C. The van der Waals surface area contributed by atoms with Crippen LogP contribution in [0.15, 0.2) is 0 Å². The average molecular weight is 173 g/mol. The first kappa shape index (κ1) is 9.40.